The first-order valence-electron chi connectivity index (χ1n) is 9.30. The zero-order valence-corrected chi connectivity index (χ0v) is 16.3. The first kappa shape index (κ1) is 17.2. The van der Waals surface area contributed by atoms with E-state index in [2.05, 4.69) is 40.4 Å². The third-order valence-corrected chi connectivity index (χ3v) is 6.25. The van der Waals surface area contributed by atoms with Gasteiger partial charge in [-0.2, -0.15) is 0 Å². The molecule has 0 saturated carbocycles. The fourth-order valence-corrected chi connectivity index (χ4v) is 4.63. The van der Waals surface area contributed by atoms with Crippen molar-refractivity contribution >= 4 is 49.7 Å². The number of hydrogen-bond acceptors (Lipinski definition) is 5. The summed E-state index contributed by atoms with van der Waals surface area (Å²) in [5, 5.41) is 5.70. The van der Waals surface area contributed by atoms with E-state index in [1.54, 1.807) is 6.20 Å². The Labute approximate surface area is 166 Å². The van der Waals surface area contributed by atoms with Crippen molar-refractivity contribution in [2.24, 2.45) is 0 Å². The number of morpholine rings is 1. The maximum atomic E-state index is 12.8. The predicted molar refractivity (Wildman–Crippen MR) is 113 cm³/mol. The Bertz CT molecular complexity index is 1170. The standard InChI is InChI=1S/C21H20N4O2S/c1-13-14-4-6-22-17(14)3-2-16(13)24-18-5-7-23-20-15(18)12-19(28-20)21(26)25-8-10-27-11-9-25/h2-7,12,22H,8-11H2,1H3,(H,23,24). The second-order valence-electron chi connectivity index (χ2n) is 6.89. The molecule has 1 amide bonds. The van der Waals surface area contributed by atoms with Crippen molar-refractivity contribution in [3.05, 3.63) is 53.2 Å². The van der Waals surface area contributed by atoms with Gasteiger partial charge in [0.2, 0.25) is 0 Å². The highest BCUT2D eigenvalue weighted by molar-refractivity contribution is 7.20. The first-order chi connectivity index (χ1) is 13.7. The van der Waals surface area contributed by atoms with Crippen LogP contribution in [0.1, 0.15) is 15.2 Å². The van der Waals surface area contributed by atoms with Gasteiger partial charge in [0.25, 0.3) is 5.91 Å². The van der Waals surface area contributed by atoms with Gasteiger partial charge in [0.05, 0.1) is 23.8 Å². The van der Waals surface area contributed by atoms with Crippen LogP contribution in [0.25, 0.3) is 21.1 Å². The molecule has 1 saturated heterocycles. The number of rotatable bonds is 3. The number of pyridine rings is 1. The molecule has 4 heterocycles. The van der Waals surface area contributed by atoms with Crippen LogP contribution in [0.4, 0.5) is 11.4 Å². The van der Waals surface area contributed by atoms with Crippen LogP contribution in [-0.2, 0) is 4.74 Å². The van der Waals surface area contributed by atoms with Gasteiger partial charge in [0.15, 0.2) is 0 Å². The van der Waals surface area contributed by atoms with Crippen LogP contribution in [0.15, 0.2) is 42.7 Å². The molecule has 1 aromatic carbocycles. The normalized spacial score (nSPS) is 14.7. The van der Waals surface area contributed by atoms with E-state index in [0.29, 0.717) is 26.3 Å². The number of amides is 1. The van der Waals surface area contributed by atoms with Crippen LogP contribution in [0.5, 0.6) is 0 Å². The molecule has 4 aromatic rings. The van der Waals surface area contributed by atoms with Crippen molar-refractivity contribution in [3.8, 4) is 0 Å². The second-order valence-corrected chi connectivity index (χ2v) is 7.93. The van der Waals surface area contributed by atoms with Gasteiger partial charge in [-0.15, -0.1) is 11.3 Å². The molecule has 0 aliphatic carbocycles. The molecule has 0 unspecified atom stereocenters. The number of anilines is 2. The van der Waals surface area contributed by atoms with Gasteiger partial charge in [0.1, 0.15) is 4.83 Å². The summed E-state index contributed by atoms with van der Waals surface area (Å²) in [6, 6.07) is 10.1. The number of thiophene rings is 1. The average molecular weight is 392 g/mol. The van der Waals surface area contributed by atoms with Gasteiger partial charge < -0.3 is 19.9 Å². The van der Waals surface area contributed by atoms with E-state index >= 15 is 0 Å². The van der Waals surface area contributed by atoms with E-state index in [4.69, 9.17) is 4.74 Å². The molecule has 2 N–H and O–H groups in total. The molecule has 5 rings (SSSR count). The van der Waals surface area contributed by atoms with Crippen LogP contribution in [0.3, 0.4) is 0 Å². The Balaban J connectivity index is 1.50. The summed E-state index contributed by atoms with van der Waals surface area (Å²) in [5.74, 6) is 0.0576. The number of benzene rings is 1. The smallest absolute Gasteiger partial charge is 0.264 e. The molecule has 3 aromatic heterocycles. The minimum absolute atomic E-state index is 0.0576. The minimum atomic E-state index is 0.0576. The van der Waals surface area contributed by atoms with Crippen LogP contribution < -0.4 is 5.32 Å². The lowest BCUT2D eigenvalue weighted by atomic mass is 10.1. The number of nitrogens with one attached hydrogen (secondary N) is 2. The zero-order valence-electron chi connectivity index (χ0n) is 15.5. The highest BCUT2D eigenvalue weighted by atomic mass is 32.1. The summed E-state index contributed by atoms with van der Waals surface area (Å²) in [6.45, 7) is 4.59. The lowest BCUT2D eigenvalue weighted by Gasteiger charge is -2.26. The lowest BCUT2D eigenvalue weighted by Crippen LogP contribution is -2.40. The molecule has 142 valence electrons. The van der Waals surface area contributed by atoms with Crippen LogP contribution in [0.2, 0.25) is 0 Å². The minimum Gasteiger partial charge on any atom is -0.378 e. The Morgan fingerprint density at radius 1 is 1.18 bits per heavy atom. The van der Waals surface area contributed by atoms with E-state index in [0.717, 1.165) is 32.0 Å². The molecular weight excluding hydrogens is 372 g/mol. The van der Waals surface area contributed by atoms with Crippen molar-refractivity contribution in [1.82, 2.24) is 14.9 Å². The molecule has 1 fully saturated rings. The molecule has 0 radical (unpaired) electrons. The summed E-state index contributed by atoms with van der Waals surface area (Å²) >= 11 is 1.44. The number of hydrogen-bond donors (Lipinski definition) is 2. The Morgan fingerprint density at radius 2 is 2.04 bits per heavy atom. The number of carbonyl (C=O) groups is 1. The molecule has 0 spiro atoms. The number of aromatic amines is 1. The number of H-pyrrole nitrogens is 1. The zero-order chi connectivity index (χ0) is 19.1. The third kappa shape index (κ3) is 2.93. The summed E-state index contributed by atoms with van der Waals surface area (Å²) in [4.78, 5) is 24.0. The first-order valence-corrected chi connectivity index (χ1v) is 10.1. The SMILES string of the molecule is Cc1c(Nc2ccnc3sc(C(=O)N4CCOCC4)cc23)ccc2[nH]ccc12. The number of fused-ring (bicyclic) bond motifs is 2. The topological polar surface area (TPSA) is 70.2 Å². The highest BCUT2D eigenvalue weighted by Crippen LogP contribution is 2.34. The highest BCUT2D eigenvalue weighted by Gasteiger charge is 2.21. The van der Waals surface area contributed by atoms with Crippen molar-refractivity contribution in [3.63, 3.8) is 0 Å². The van der Waals surface area contributed by atoms with Crippen molar-refractivity contribution in [2.45, 2.75) is 6.92 Å². The van der Waals surface area contributed by atoms with Gasteiger partial charge in [0, 0.05) is 47.5 Å². The summed E-state index contributed by atoms with van der Waals surface area (Å²) in [5.41, 5.74) is 4.31. The Kier molecular flexibility index (Phi) is 4.26. The number of nitrogens with zero attached hydrogens (tertiary/aromatic N) is 2. The van der Waals surface area contributed by atoms with Gasteiger partial charge in [-0.25, -0.2) is 4.98 Å². The van der Waals surface area contributed by atoms with Crippen LogP contribution in [0, 0.1) is 6.92 Å². The number of carbonyl (C=O) groups excluding carboxylic acids is 1. The predicted octanol–water partition coefficient (Wildman–Crippen LogP) is 4.30. The van der Waals surface area contributed by atoms with Crippen molar-refractivity contribution in [2.75, 3.05) is 31.6 Å². The Morgan fingerprint density at radius 3 is 2.89 bits per heavy atom. The summed E-state index contributed by atoms with van der Waals surface area (Å²) < 4.78 is 5.35. The van der Waals surface area contributed by atoms with Gasteiger partial charge in [-0.1, -0.05) is 0 Å². The maximum absolute atomic E-state index is 12.8. The number of ether oxygens (including phenoxy) is 1. The molecule has 1 aliphatic heterocycles. The van der Waals surface area contributed by atoms with Crippen molar-refractivity contribution in [1.29, 1.82) is 0 Å². The average Bonchev–Trinajstić information content (AvgIpc) is 3.38. The fraction of sp³-hybridized carbons (Fsp3) is 0.238. The molecule has 7 heteroatoms. The van der Waals surface area contributed by atoms with Crippen LogP contribution in [-0.4, -0.2) is 47.1 Å². The second kappa shape index (κ2) is 6.92. The number of aromatic nitrogens is 2. The molecule has 28 heavy (non-hydrogen) atoms. The van der Waals surface area contributed by atoms with Gasteiger partial charge >= 0.3 is 0 Å². The van der Waals surface area contributed by atoms with E-state index < -0.39 is 0 Å². The molecular formula is C21H20N4O2S. The molecule has 0 bridgehead atoms. The van der Waals surface area contributed by atoms with E-state index in [-0.39, 0.29) is 5.91 Å². The van der Waals surface area contributed by atoms with Crippen LogP contribution >= 0.6 is 11.3 Å². The number of aryl methyl sites for hydroxylation is 1. The lowest BCUT2D eigenvalue weighted by molar-refractivity contribution is 0.0306. The third-order valence-electron chi connectivity index (χ3n) is 5.22. The monoisotopic (exact) mass is 392 g/mol. The quantitative estimate of drug-likeness (QED) is 0.545. The maximum Gasteiger partial charge on any atom is 0.264 e. The summed E-state index contributed by atoms with van der Waals surface area (Å²) in [7, 11) is 0. The van der Waals surface area contributed by atoms with E-state index in [1.807, 2.05) is 23.2 Å². The van der Waals surface area contributed by atoms with Gasteiger partial charge in [-0.05, 0) is 42.8 Å². The van der Waals surface area contributed by atoms with E-state index in [1.165, 1.54) is 22.3 Å². The van der Waals surface area contributed by atoms with Crippen molar-refractivity contribution < 1.29 is 9.53 Å². The molecule has 0 atom stereocenters. The molecule has 1 aliphatic rings. The summed E-state index contributed by atoms with van der Waals surface area (Å²) in [6.07, 6.45) is 3.74. The molecule has 6 nitrogen and oxygen atoms in total. The largest absolute Gasteiger partial charge is 0.378 e. The van der Waals surface area contributed by atoms with E-state index in [9.17, 15) is 4.79 Å². The fourth-order valence-electron chi connectivity index (χ4n) is 3.64. The Hall–Kier alpha value is -2.90. The van der Waals surface area contributed by atoms with Gasteiger partial charge in [-0.3, -0.25) is 4.79 Å².